The van der Waals surface area contributed by atoms with Crippen molar-refractivity contribution in [2.24, 2.45) is 0 Å². The molecule has 3 aromatic heterocycles. The number of pyridine rings is 1. The summed E-state index contributed by atoms with van der Waals surface area (Å²) in [7, 11) is 0. The maximum atomic E-state index is 5.61. The molecule has 90 valence electrons. The van der Waals surface area contributed by atoms with Crippen LogP contribution in [0.2, 0.25) is 0 Å². The Bertz CT molecular complexity index is 609. The van der Waals surface area contributed by atoms with Crippen molar-refractivity contribution >= 4 is 16.5 Å². The fourth-order valence-electron chi connectivity index (χ4n) is 1.66. The molecule has 0 unspecified atom stereocenters. The van der Waals surface area contributed by atoms with Crippen LogP contribution in [0.4, 0.5) is 5.13 Å². The Morgan fingerprint density at radius 2 is 2.17 bits per heavy atom. The molecule has 0 saturated carbocycles. The van der Waals surface area contributed by atoms with E-state index in [0.29, 0.717) is 5.13 Å². The first-order valence-corrected chi connectivity index (χ1v) is 6.29. The maximum Gasteiger partial charge on any atom is 0.180 e. The van der Waals surface area contributed by atoms with Gasteiger partial charge in [-0.05, 0) is 19.1 Å². The van der Waals surface area contributed by atoms with Crippen molar-refractivity contribution in [1.29, 1.82) is 0 Å². The second kappa shape index (κ2) is 4.23. The van der Waals surface area contributed by atoms with Gasteiger partial charge < -0.3 is 5.73 Å². The van der Waals surface area contributed by atoms with E-state index in [4.69, 9.17) is 5.73 Å². The van der Waals surface area contributed by atoms with Crippen molar-refractivity contribution in [2.75, 3.05) is 5.73 Å². The van der Waals surface area contributed by atoms with E-state index in [1.165, 1.54) is 11.3 Å². The lowest BCUT2D eigenvalue weighted by molar-refractivity contribution is 0.993. The Morgan fingerprint density at radius 1 is 1.28 bits per heavy atom. The molecule has 0 amide bonds. The number of nitrogens with two attached hydrogens (primary N) is 1. The fraction of sp³-hybridized carbons (Fsp3) is 0.0833. The van der Waals surface area contributed by atoms with Crippen LogP contribution in [-0.2, 0) is 0 Å². The fourth-order valence-corrected chi connectivity index (χ4v) is 2.23. The summed E-state index contributed by atoms with van der Waals surface area (Å²) in [4.78, 5) is 12.8. The van der Waals surface area contributed by atoms with Crippen molar-refractivity contribution in [2.45, 2.75) is 6.92 Å². The highest BCUT2D eigenvalue weighted by atomic mass is 32.1. The van der Waals surface area contributed by atoms with Gasteiger partial charge in [0.1, 0.15) is 12.1 Å². The third-order valence-electron chi connectivity index (χ3n) is 2.54. The molecule has 0 aromatic carbocycles. The molecule has 3 rings (SSSR count). The van der Waals surface area contributed by atoms with Gasteiger partial charge in [-0.2, -0.15) is 0 Å². The van der Waals surface area contributed by atoms with E-state index in [2.05, 4.69) is 15.0 Å². The average Bonchev–Trinajstić information content (AvgIpc) is 2.98. The van der Waals surface area contributed by atoms with Crippen LogP contribution < -0.4 is 5.73 Å². The quantitative estimate of drug-likeness (QED) is 0.764. The van der Waals surface area contributed by atoms with Crippen molar-refractivity contribution < 1.29 is 0 Å². The zero-order valence-electron chi connectivity index (χ0n) is 9.74. The van der Waals surface area contributed by atoms with Crippen LogP contribution in [0.1, 0.15) is 5.69 Å². The Kier molecular flexibility index (Phi) is 2.56. The minimum absolute atomic E-state index is 0.569. The molecular weight excluding hydrogens is 246 g/mol. The topological polar surface area (TPSA) is 69.6 Å². The van der Waals surface area contributed by atoms with Crippen LogP contribution in [0.25, 0.3) is 17.1 Å². The van der Waals surface area contributed by atoms with Crippen molar-refractivity contribution in [3.63, 3.8) is 0 Å². The number of rotatable bonds is 2. The minimum atomic E-state index is 0.569. The third kappa shape index (κ3) is 1.98. The maximum absolute atomic E-state index is 5.61. The standard InChI is InChI=1S/C12H11N5S/c1-8-5-17(7-15-8)11-3-2-9(4-14-11)10-6-18-12(13)16-10/h2-7H,1H3,(H2,13,16). The summed E-state index contributed by atoms with van der Waals surface area (Å²) >= 11 is 1.43. The van der Waals surface area contributed by atoms with Crippen LogP contribution in [0.3, 0.4) is 0 Å². The summed E-state index contributed by atoms with van der Waals surface area (Å²) in [5, 5.41) is 2.49. The molecule has 5 nitrogen and oxygen atoms in total. The molecule has 0 atom stereocenters. The largest absolute Gasteiger partial charge is 0.375 e. The second-order valence-electron chi connectivity index (χ2n) is 3.90. The number of thiazole rings is 1. The molecule has 3 aromatic rings. The van der Waals surface area contributed by atoms with Gasteiger partial charge in [0, 0.05) is 23.3 Å². The van der Waals surface area contributed by atoms with Gasteiger partial charge in [0.2, 0.25) is 0 Å². The summed E-state index contributed by atoms with van der Waals surface area (Å²) in [5.74, 6) is 0.836. The van der Waals surface area contributed by atoms with Crippen LogP contribution in [0.15, 0.2) is 36.2 Å². The normalized spacial score (nSPS) is 10.7. The molecule has 0 spiro atoms. The smallest absolute Gasteiger partial charge is 0.180 e. The van der Waals surface area contributed by atoms with E-state index in [-0.39, 0.29) is 0 Å². The van der Waals surface area contributed by atoms with Gasteiger partial charge in [-0.15, -0.1) is 11.3 Å². The Hall–Kier alpha value is -2.21. The van der Waals surface area contributed by atoms with E-state index >= 15 is 0 Å². The van der Waals surface area contributed by atoms with Crippen LogP contribution in [-0.4, -0.2) is 19.5 Å². The predicted octanol–water partition coefficient (Wildman–Crippen LogP) is 2.28. The van der Waals surface area contributed by atoms with Gasteiger partial charge in [0.05, 0.1) is 11.4 Å². The molecule has 0 bridgehead atoms. The number of hydrogen-bond donors (Lipinski definition) is 1. The molecule has 0 saturated heterocycles. The molecule has 18 heavy (non-hydrogen) atoms. The summed E-state index contributed by atoms with van der Waals surface area (Å²) in [5.41, 5.74) is 8.40. The van der Waals surface area contributed by atoms with Gasteiger partial charge >= 0.3 is 0 Å². The lowest BCUT2D eigenvalue weighted by Crippen LogP contribution is -1.94. The summed E-state index contributed by atoms with van der Waals surface area (Å²) in [6.45, 7) is 1.95. The van der Waals surface area contributed by atoms with Crippen LogP contribution >= 0.6 is 11.3 Å². The lowest BCUT2D eigenvalue weighted by atomic mass is 10.2. The van der Waals surface area contributed by atoms with Crippen molar-refractivity contribution in [3.8, 4) is 17.1 Å². The number of aromatic nitrogens is 4. The van der Waals surface area contributed by atoms with Gasteiger partial charge in [0.25, 0.3) is 0 Å². The molecule has 0 aliphatic rings. The first-order chi connectivity index (χ1) is 8.72. The van der Waals surface area contributed by atoms with E-state index in [0.717, 1.165) is 22.8 Å². The number of aryl methyl sites for hydroxylation is 1. The van der Waals surface area contributed by atoms with E-state index < -0.39 is 0 Å². The zero-order valence-corrected chi connectivity index (χ0v) is 10.6. The molecular formula is C12H11N5S. The second-order valence-corrected chi connectivity index (χ2v) is 4.79. The summed E-state index contributed by atoms with van der Waals surface area (Å²) in [6.07, 6.45) is 5.47. The lowest BCUT2D eigenvalue weighted by Gasteiger charge is -2.01. The SMILES string of the molecule is Cc1cn(-c2ccc(-c3csc(N)n3)cn2)cn1. The highest BCUT2D eigenvalue weighted by Gasteiger charge is 2.04. The first-order valence-electron chi connectivity index (χ1n) is 5.41. The van der Waals surface area contributed by atoms with Gasteiger partial charge in [-0.1, -0.05) is 0 Å². The monoisotopic (exact) mass is 257 g/mol. The van der Waals surface area contributed by atoms with Gasteiger partial charge in [-0.3, -0.25) is 4.57 Å². The highest BCUT2D eigenvalue weighted by molar-refractivity contribution is 7.13. The van der Waals surface area contributed by atoms with Gasteiger partial charge in [0.15, 0.2) is 5.13 Å². The van der Waals surface area contributed by atoms with E-state index in [1.54, 1.807) is 12.5 Å². The Balaban J connectivity index is 1.94. The number of anilines is 1. The van der Waals surface area contributed by atoms with E-state index in [1.807, 2.05) is 35.2 Å². The average molecular weight is 257 g/mol. The Labute approximate surface area is 108 Å². The predicted molar refractivity (Wildman–Crippen MR) is 71.6 cm³/mol. The molecule has 2 N–H and O–H groups in total. The molecule has 0 fully saturated rings. The van der Waals surface area contributed by atoms with Crippen LogP contribution in [0.5, 0.6) is 0 Å². The number of nitrogens with zero attached hydrogens (tertiary/aromatic N) is 4. The molecule has 3 heterocycles. The zero-order chi connectivity index (χ0) is 12.5. The number of nitrogen functional groups attached to an aromatic ring is 1. The number of imidazole rings is 1. The minimum Gasteiger partial charge on any atom is -0.375 e. The van der Waals surface area contributed by atoms with Gasteiger partial charge in [-0.25, -0.2) is 15.0 Å². The van der Waals surface area contributed by atoms with E-state index in [9.17, 15) is 0 Å². The first kappa shape index (κ1) is 10.9. The van der Waals surface area contributed by atoms with Crippen molar-refractivity contribution in [1.82, 2.24) is 19.5 Å². The molecule has 0 aliphatic heterocycles. The summed E-state index contributed by atoms with van der Waals surface area (Å²) in [6, 6.07) is 3.91. The number of hydrogen-bond acceptors (Lipinski definition) is 5. The van der Waals surface area contributed by atoms with Crippen molar-refractivity contribution in [3.05, 3.63) is 41.9 Å². The molecule has 0 aliphatic carbocycles. The molecule has 6 heteroatoms. The van der Waals surface area contributed by atoms with Crippen LogP contribution in [0, 0.1) is 6.92 Å². The summed E-state index contributed by atoms with van der Waals surface area (Å²) < 4.78 is 1.88. The highest BCUT2D eigenvalue weighted by Crippen LogP contribution is 2.22. The third-order valence-corrected chi connectivity index (χ3v) is 3.22. The molecule has 0 radical (unpaired) electrons. The Morgan fingerprint density at radius 3 is 2.72 bits per heavy atom.